The highest BCUT2D eigenvalue weighted by Gasteiger charge is 2.48. The van der Waals surface area contributed by atoms with Gasteiger partial charge in [0.2, 0.25) is 5.28 Å². The second-order valence-electron chi connectivity index (χ2n) is 7.13. The Morgan fingerprint density at radius 1 is 1.35 bits per heavy atom. The van der Waals surface area contributed by atoms with Crippen molar-refractivity contribution in [3.63, 3.8) is 0 Å². The van der Waals surface area contributed by atoms with Crippen LogP contribution in [0.4, 0.5) is 5.82 Å². The number of ether oxygens (including phenoxy) is 1. The van der Waals surface area contributed by atoms with Gasteiger partial charge in [-0.15, -0.1) is 5.10 Å². The van der Waals surface area contributed by atoms with Gasteiger partial charge in [0.05, 0.1) is 24.8 Å². The normalized spacial score (nSPS) is 27.7. The molecule has 2 aromatic rings. The van der Waals surface area contributed by atoms with Crippen LogP contribution in [0.25, 0.3) is 5.52 Å². The van der Waals surface area contributed by atoms with Gasteiger partial charge in [-0.05, 0) is 68.2 Å². The number of halogens is 1. The van der Waals surface area contributed by atoms with E-state index in [4.69, 9.17) is 16.3 Å². The number of nitrogens with one attached hydrogen (secondary N) is 1. The molecule has 0 amide bonds. The third kappa shape index (κ3) is 2.93. The summed E-state index contributed by atoms with van der Waals surface area (Å²) in [5.41, 5.74) is 1.38. The lowest BCUT2D eigenvalue weighted by molar-refractivity contribution is -0.154. The Balaban J connectivity index is 1.69. The standard InChI is InChI=1S/C18H23ClN4O3/c1-2-26-17(25)14-10-3-5-11(6-4-10)15(14)20-16-13-8-7-12(9-24)23(13)22-18(19)21-16/h7-8,10-11,14-15,24H,2-6,9H2,1H3,(H,20,21,22)/t10-,11+,14-,15-/m0/s1. The van der Waals surface area contributed by atoms with Crippen molar-refractivity contribution in [2.75, 3.05) is 11.9 Å². The molecule has 0 spiro atoms. The maximum absolute atomic E-state index is 12.6. The third-order valence-corrected chi connectivity index (χ3v) is 5.97. The average Bonchev–Trinajstić information content (AvgIpc) is 3.05. The molecule has 2 aromatic heterocycles. The molecule has 0 unspecified atom stereocenters. The molecule has 26 heavy (non-hydrogen) atoms. The molecule has 8 heteroatoms. The Bertz CT molecular complexity index is 816. The number of nitrogens with zero attached hydrogens (tertiary/aromatic N) is 3. The fraction of sp³-hybridized carbons (Fsp3) is 0.611. The predicted octanol–water partition coefficient (Wildman–Crippen LogP) is 2.65. The first-order chi connectivity index (χ1) is 12.6. The van der Waals surface area contributed by atoms with Gasteiger partial charge in [0.1, 0.15) is 5.52 Å². The van der Waals surface area contributed by atoms with Gasteiger partial charge >= 0.3 is 5.97 Å². The van der Waals surface area contributed by atoms with Crippen molar-refractivity contribution in [2.24, 2.45) is 17.8 Å². The summed E-state index contributed by atoms with van der Waals surface area (Å²) in [5.74, 6) is 1.07. The number of aliphatic hydroxyl groups is 1. The van der Waals surface area contributed by atoms with E-state index >= 15 is 0 Å². The largest absolute Gasteiger partial charge is 0.466 e. The first-order valence-corrected chi connectivity index (χ1v) is 9.58. The van der Waals surface area contributed by atoms with Crippen molar-refractivity contribution in [2.45, 2.75) is 45.3 Å². The molecule has 0 radical (unpaired) electrons. The Morgan fingerprint density at radius 2 is 2.08 bits per heavy atom. The van der Waals surface area contributed by atoms with Crippen LogP contribution in [-0.2, 0) is 16.1 Å². The van der Waals surface area contributed by atoms with E-state index < -0.39 is 0 Å². The first kappa shape index (κ1) is 17.5. The van der Waals surface area contributed by atoms with Crippen LogP contribution in [0.5, 0.6) is 0 Å². The number of rotatable bonds is 5. The molecule has 0 saturated heterocycles. The number of anilines is 1. The number of carbonyl (C=O) groups is 1. The Hall–Kier alpha value is -1.86. The highest BCUT2D eigenvalue weighted by molar-refractivity contribution is 6.28. The lowest BCUT2D eigenvalue weighted by atomic mass is 9.61. The SMILES string of the molecule is CCOC(=O)[C@H]1[C@H]2CC[C@H](CC2)[C@@H]1Nc1nc(Cl)nn2c(CO)ccc12. The molecule has 3 aliphatic rings. The van der Waals surface area contributed by atoms with Gasteiger partial charge in [-0.3, -0.25) is 4.79 Å². The minimum absolute atomic E-state index is 0.0243. The quantitative estimate of drug-likeness (QED) is 0.777. The van der Waals surface area contributed by atoms with E-state index in [0.717, 1.165) is 31.2 Å². The van der Waals surface area contributed by atoms with Gasteiger partial charge in [0.15, 0.2) is 5.82 Å². The van der Waals surface area contributed by atoms with Crippen molar-refractivity contribution in [1.29, 1.82) is 0 Å². The summed E-state index contributed by atoms with van der Waals surface area (Å²) in [5, 5.41) is 17.2. The Labute approximate surface area is 156 Å². The topological polar surface area (TPSA) is 88.8 Å². The van der Waals surface area contributed by atoms with Crippen LogP contribution >= 0.6 is 11.6 Å². The fourth-order valence-corrected chi connectivity index (χ4v) is 4.80. The van der Waals surface area contributed by atoms with Crippen LogP contribution < -0.4 is 5.32 Å². The van der Waals surface area contributed by atoms with Crippen LogP contribution in [-0.4, -0.2) is 38.3 Å². The van der Waals surface area contributed by atoms with E-state index in [1.54, 1.807) is 10.6 Å². The van der Waals surface area contributed by atoms with Crippen LogP contribution in [0.3, 0.4) is 0 Å². The minimum Gasteiger partial charge on any atom is -0.466 e. The van der Waals surface area contributed by atoms with Crippen LogP contribution in [0.15, 0.2) is 12.1 Å². The molecule has 3 fully saturated rings. The summed E-state index contributed by atoms with van der Waals surface area (Å²) in [6, 6.07) is 3.62. The van der Waals surface area contributed by atoms with Gasteiger partial charge in [-0.25, -0.2) is 4.52 Å². The van der Waals surface area contributed by atoms with E-state index in [1.807, 2.05) is 13.0 Å². The second kappa shape index (κ2) is 7.04. The molecule has 0 aromatic carbocycles. The molecule has 0 aliphatic heterocycles. The van der Waals surface area contributed by atoms with E-state index in [0.29, 0.717) is 30.0 Å². The molecule has 2 bridgehead atoms. The number of carbonyl (C=O) groups excluding carboxylic acids is 1. The van der Waals surface area contributed by atoms with E-state index in [9.17, 15) is 9.90 Å². The lowest BCUT2D eigenvalue weighted by Gasteiger charge is -2.47. The molecular weight excluding hydrogens is 356 g/mol. The summed E-state index contributed by atoms with van der Waals surface area (Å²) in [6.07, 6.45) is 4.37. The summed E-state index contributed by atoms with van der Waals surface area (Å²) < 4.78 is 6.95. The Morgan fingerprint density at radius 3 is 2.77 bits per heavy atom. The second-order valence-corrected chi connectivity index (χ2v) is 7.47. The third-order valence-electron chi connectivity index (χ3n) is 5.81. The number of aliphatic hydroxyl groups excluding tert-OH is 1. The molecule has 2 N–H and O–H groups in total. The van der Waals surface area contributed by atoms with E-state index in [2.05, 4.69) is 15.4 Å². The molecule has 7 nitrogen and oxygen atoms in total. The number of aromatic nitrogens is 3. The van der Waals surface area contributed by atoms with Gasteiger partial charge in [-0.2, -0.15) is 4.98 Å². The average molecular weight is 379 g/mol. The smallest absolute Gasteiger partial charge is 0.311 e. The zero-order valence-corrected chi connectivity index (χ0v) is 15.4. The number of esters is 1. The fourth-order valence-electron chi connectivity index (χ4n) is 4.64. The zero-order valence-electron chi connectivity index (χ0n) is 14.7. The lowest BCUT2D eigenvalue weighted by Crippen LogP contribution is -2.52. The van der Waals surface area contributed by atoms with E-state index in [-0.39, 0.29) is 29.8 Å². The van der Waals surface area contributed by atoms with Gasteiger partial charge in [0.25, 0.3) is 0 Å². The monoisotopic (exact) mass is 378 g/mol. The predicted molar refractivity (Wildman–Crippen MR) is 96.9 cm³/mol. The number of fused-ring (bicyclic) bond motifs is 4. The Kier molecular flexibility index (Phi) is 4.75. The highest BCUT2D eigenvalue weighted by atomic mass is 35.5. The van der Waals surface area contributed by atoms with Crippen molar-refractivity contribution >= 4 is 28.9 Å². The van der Waals surface area contributed by atoms with Gasteiger partial charge in [0, 0.05) is 6.04 Å². The molecule has 140 valence electrons. The molecule has 2 heterocycles. The van der Waals surface area contributed by atoms with Crippen LogP contribution in [0.2, 0.25) is 5.28 Å². The van der Waals surface area contributed by atoms with Crippen molar-refractivity contribution in [3.8, 4) is 0 Å². The summed E-state index contributed by atoms with van der Waals surface area (Å²) in [7, 11) is 0. The van der Waals surface area contributed by atoms with Crippen molar-refractivity contribution < 1.29 is 14.6 Å². The molecule has 3 saturated carbocycles. The van der Waals surface area contributed by atoms with Gasteiger partial charge < -0.3 is 15.2 Å². The van der Waals surface area contributed by atoms with Crippen molar-refractivity contribution in [3.05, 3.63) is 23.1 Å². The number of hydrogen-bond donors (Lipinski definition) is 2. The van der Waals surface area contributed by atoms with Crippen molar-refractivity contribution in [1.82, 2.24) is 14.6 Å². The van der Waals surface area contributed by atoms with Crippen LogP contribution in [0, 0.1) is 17.8 Å². The first-order valence-electron chi connectivity index (χ1n) is 9.20. The highest BCUT2D eigenvalue weighted by Crippen LogP contribution is 2.46. The van der Waals surface area contributed by atoms with Gasteiger partial charge in [-0.1, -0.05) is 0 Å². The number of hydrogen-bond acceptors (Lipinski definition) is 6. The summed E-state index contributed by atoms with van der Waals surface area (Å²) in [4.78, 5) is 17.0. The molecule has 2 atom stereocenters. The molecular formula is C18H23ClN4O3. The maximum atomic E-state index is 12.6. The zero-order chi connectivity index (χ0) is 18.3. The van der Waals surface area contributed by atoms with E-state index in [1.165, 1.54) is 0 Å². The van der Waals surface area contributed by atoms with Crippen LogP contribution in [0.1, 0.15) is 38.3 Å². The minimum atomic E-state index is -0.163. The summed E-state index contributed by atoms with van der Waals surface area (Å²) in [6.45, 7) is 2.09. The summed E-state index contributed by atoms with van der Waals surface area (Å²) >= 11 is 6.10. The molecule has 3 aliphatic carbocycles. The maximum Gasteiger partial charge on any atom is 0.311 e. The molecule has 5 rings (SSSR count).